The van der Waals surface area contributed by atoms with E-state index < -0.39 is 0 Å². The van der Waals surface area contributed by atoms with Gasteiger partial charge in [0.25, 0.3) is 0 Å². The fourth-order valence-electron chi connectivity index (χ4n) is 3.51. The quantitative estimate of drug-likeness (QED) is 0.726. The van der Waals surface area contributed by atoms with Crippen LogP contribution >= 0.6 is 0 Å². The van der Waals surface area contributed by atoms with Crippen LogP contribution in [0.1, 0.15) is 45.4 Å². The van der Waals surface area contributed by atoms with Crippen LogP contribution in [-0.4, -0.2) is 26.3 Å². The fourth-order valence-corrected chi connectivity index (χ4v) is 3.51. The molecule has 2 nitrogen and oxygen atoms in total. The molecule has 0 amide bonds. The second kappa shape index (κ2) is 6.61. The monoisotopic (exact) mass is 225 g/mol. The highest BCUT2D eigenvalue weighted by atomic mass is 16.5. The van der Waals surface area contributed by atoms with Gasteiger partial charge in [-0.1, -0.05) is 13.3 Å². The first kappa shape index (κ1) is 12.4. The van der Waals surface area contributed by atoms with Crippen molar-refractivity contribution in [2.45, 2.75) is 45.4 Å². The van der Waals surface area contributed by atoms with Crippen LogP contribution in [0.2, 0.25) is 0 Å². The van der Waals surface area contributed by atoms with Gasteiger partial charge in [-0.2, -0.15) is 0 Å². The predicted molar refractivity (Wildman–Crippen MR) is 67.5 cm³/mol. The van der Waals surface area contributed by atoms with E-state index in [2.05, 4.69) is 12.2 Å². The van der Waals surface area contributed by atoms with Crippen molar-refractivity contribution in [3.63, 3.8) is 0 Å². The lowest BCUT2D eigenvalue weighted by Gasteiger charge is -2.31. The molecule has 2 heteroatoms. The number of hydrogen-bond acceptors (Lipinski definition) is 2. The molecule has 3 atom stereocenters. The summed E-state index contributed by atoms with van der Waals surface area (Å²) in [5, 5.41) is 3.61. The molecular weight excluding hydrogens is 198 g/mol. The Labute approximate surface area is 100 Å². The molecule has 1 heterocycles. The third kappa shape index (κ3) is 3.21. The first-order valence-electron chi connectivity index (χ1n) is 7.20. The van der Waals surface area contributed by atoms with E-state index >= 15 is 0 Å². The second-order valence-electron chi connectivity index (χ2n) is 5.54. The fraction of sp³-hybridized carbons (Fsp3) is 1.00. The van der Waals surface area contributed by atoms with Gasteiger partial charge in [-0.05, 0) is 62.9 Å². The smallest absolute Gasteiger partial charge is 0.0497 e. The molecule has 0 aromatic rings. The summed E-state index contributed by atoms with van der Waals surface area (Å²) in [6.07, 6.45) is 8.29. The zero-order chi connectivity index (χ0) is 11.2. The maximum absolute atomic E-state index is 5.65. The van der Waals surface area contributed by atoms with Crippen LogP contribution < -0.4 is 5.32 Å². The highest BCUT2D eigenvalue weighted by molar-refractivity contribution is 4.85. The first-order chi connectivity index (χ1) is 7.92. The van der Waals surface area contributed by atoms with Crippen LogP contribution in [-0.2, 0) is 4.74 Å². The van der Waals surface area contributed by atoms with Crippen LogP contribution in [0.25, 0.3) is 0 Å². The lowest BCUT2D eigenvalue weighted by atomic mass is 9.81. The van der Waals surface area contributed by atoms with Gasteiger partial charge in [0.05, 0.1) is 0 Å². The summed E-state index contributed by atoms with van der Waals surface area (Å²) in [6, 6.07) is 0. The lowest BCUT2D eigenvalue weighted by Crippen LogP contribution is -2.32. The minimum Gasteiger partial charge on any atom is -0.381 e. The van der Waals surface area contributed by atoms with Gasteiger partial charge in [-0.3, -0.25) is 0 Å². The van der Waals surface area contributed by atoms with Crippen LogP contribution in [0.3, 0.4) is 0 Å². The Kier molecular flexibility index (Phi) is 5.11. The molecule has 2 rings (SSSR count). The van der Waals surface area contributed by atoms with E-state index in [4.69, 9.17) is 4.74 Å². The van der Waals surface area contributed by atoms with Crippen LogP contribution in [0, 0.1) is 17.8 Å². The van der Waals surface area contributed by atoms with Gasteiger partial charge in [0, 0.05) is 13.2 Å². The Balaban J connectivity index is 1.77. The molecule has 1 saturated heterocycles. The van der Waals surface area contributed by atoms with Gasteiger partial charge in [0.15, 0.2) is 0 Å². The van der Waals surface area contributed by atoms with E-state index in [1.807, 2.05) is 0 Å². The van der Waals surface area contributed by atoms with E-state index in [1.165, 1.54) is 51.6 Å². The summed E-state index contributed by atoms with van der Waals surface area (Å²) in [5.41, 5.74) is 0. The average molecular weight is 225 g/mol. The Morgan fingerprint density at radius 2 is 2.12 bits per heavy atom. The summed E-state index contributed by atoms with van der Waals surface area (Å²) in [4.78, 5) is 0. The lowest BCUT2D eigenvalue weighted by molar-refractivity contribution is 0.0221. The molecule has 1 aliphatic carbocycles. The molecule has 0 bridgehead atoms. The predicted octanol–water partition coefficient (Wildman–Crippen LogP) is 2.83. The van der Waals surface area contributed by atoms with Crippen molar-refractivity contribution in [2.24, 2.45) is 17.8 Å². The van der Waals surface area contributed by atoms with Gasteiger partial charge in [-0.25, -0.2) is 0 Å². The molecule has 0 aromatic carbocycles. The molecular formula is C14H27NO. The molecule has 1 aliphatic heterocycles. The minimum atomic E-state index is 0.865. The minimum absolute atomic E-state index is 0.865. The molecule has 16 heavy (non-hydrogen) atoms. The average Bonchev–Trinajstić information content (AvgIpc) is 2.79. The largest absolute Gasteiger partial charge is 0.381 e. The van der Waals surface area contributed by atoms with Gasteiger partial charge in [0.2, 0.25) is 0 Å². The van der Waals surface area contributed by atoms with Crippen LogP contribution in [0.4, 0.5) is 0 Å². The van der Waals surface area contributed by atoms with Gasteiger partial charge < -0.3 is 10.1 Å². The van der Waals surface area contributed by atoms with Crippen molar-refractivity contribution in [1.29, 1.82) is 0 Å². The topological polar surface area (TPSA) is 21.3 Å². The van der Waals surface area contributed by atoms with Gasteiger partial charge in [0.1, 0.15) is 0 Å². The first-order valence-corrected chi connectivity index (χ1v) is 7.20. The van der Waals surface area contributed by atoms with Crippen LogP contribution in [0.5, 0.6) is 0 Å². The maximum atomic E-state index is 5.65. The second-order valence-corrected chi connectivity index (χ2v) is 5.54. The number of nitrogens with one attached hydrogen (secondary N) is 1. The van der Waals surface area contributed by atoms with E-state index in [-0.39, 0.29) is 0 Å². The molecule has 2 fully saturated rings. The van der Waals surface area contributed by atoms with Gasteiger partial charge in [-0.15, -0.1) is 0 Å². The highest BCUT2D eigenvalue weighted by Crippen LogP contribution is 2.39. The van der Waals surface area contributed by atoms with E-state index in [9.17, 15) is 0 Å². The Morgan fingerprint density at radius 1 is 1.19 bits per heavy atom. The summed E-state index contributed by atoms with van der Waals surface area (Å²) >= 11 is 0. The normalized spacial score (nSPS) is 35.4. The molecule has 0 spiro atoms. The number of rotatable bonds is 5. The molecule has 94 valence electrons. The molecule has 2 aliphatic rings. The number of hydrogen-bond donors (Lipinski definition) is 1. The third-order valence-electron chi connectivity index (χ3n) is 4.35. The van der Waals surface area contributed by atoms with Crippen molar-refractivity contribution < 1.29 is 4.74 Å². The molecule has 0 radical (unpaired) electrons. The maximum Gasteiger partial charge on any atom is 0.0497 e. The Hall–Kier alpha value is -0.0800. The van der Waals surface area contributed by atoms with Crippen molar-refractivity contribution in [2.75, 3.05) is 26.3 Å². The van der Waals surface area contributed by atoms with Crippen LogP contribution in [0.15, 0.2) is 0 Å². The van der Waals surface area contributed by atoms with Gasteiger partial charge >= 0.3 is 0 Å². The standard InChI is InChI=1S/C14H27NO/c1-2-8-15-10-12-5-3-7-14(12)13-6-4-9-16-11-13/h12-15H,2-11H2,1H3. The molecule has 3 unspecified atom stereocenters. The van der Waals surface area contributed by atoms with E-state index in [0.29, 0.717) is 0 Å². The molecule has 0 aromatic heterocycles. The van der Waals surface area contributed by atoms with E-state index in [0.717, 1.165) is 31.0 Å². The van der Waals surface area contributed by atoms with Crippen molar-refractivity contribution in [1.82, 2.24) is 5.32 Å². The third-order valence-corrected chi connectivity index (χ3v) is 4.35. The highest BCUT2D eigenvalue weighted by Gasteiger charge is 2.34. The summed E-state index contributed by atoms with van der Waals surface area (Å²) in [6.45, 7) is 6.71. The van der Waals surface area contributed by atoms with Crippen molar-refractivity contribution in [3.8, 4) is 0 Å². The Bertz CT molecular complexity index is 189. The van der Waals surface area contributed by atoms with E-state index in [1.54, 1.807) is 0 Å². The zero-order valence-corrected chi connectivity index (χ0v) is 10.7. The molecule has 1 N–H and O–H groups in total. The SMILES string of the molecule is CCCNCC1CCCC1C1CCCOC1. The zero-order valence-electron chi connectivity index (χ0n) is 10.7. The number of ether oxygens (including phenoxy) is 1. The Morgan fingerprint density at radius 3 is 2.88 bits per heavy atom. The van der Waals surface area contributed by atoms with Crippen molar-refractivity contribution >= 4 is 0 Å². The van der Waals surface area contributed by atoms with Crippen molar-refractivity contribution in [3.05, 3.63) is 0 Å². The summed E-state index contributed by atoms with van der Waals surface area (Å²) in [7, 11) is 0. The summed E-state index contributed by atoms with van der Waals surface area (Å²) in [5.74, 6) is 2.74. The molecule has 1 saturated carbocycles. The summed E-state index contributed by atoms with van der Waals surface area (Å²) < 4.78 is 5.65.